The summed E-state index contributed by atoms with van der Waals surface area (Å²) in [7, 11) is -2.57. The Balaban J connectivity index is 1.62. The van der Waals surface area contributed by atoms with E-state index >= 15 is 0 Å². The zero-order valence-electron chi connectivity index (χ0n) is 21.4. The second-order valence-corrected chi connectivity index (χ2v) is 16.4. The predicted molar refractivity (Wildman–Crippen MR) is 153 cm³/mol. The first-order valence-corrected chi connectivity index (χ1v) is 15.1. The Morgan fingerprint density at radius 1 is 1.03 bits per heavy atom. The highest BCUT2D eigenvalue weighted by atomic mass is 79.9. The Labute approximate surface area is 219 Å². The van der Waals surface area contributed by atoms with Crippen molar-refractivity contribution < 1.29 is 9.22 Å². The summed E-state index contributed by atoms with van der Waals surface area (Å²) >= 11 is 3.61. The van der Waals surface area contributed by atoms with E-state index in [2.05, 4.69) is 121 Å². The number of nitrogens with zero attached hydrogens (tertiary/aromatic N) is 1. The largest absolute Gasteiger partial charge is 0.407 e. The number of aldehydes is 1. The predicted octanol–water partition coefficient (Wildman–Crippen LogP) is 5.94. The third-order valence-electron chi connectivity index (χ3n) is 7.23. The van der Waals surface area contributed by atoms with Crippen molar-refractivity contribution in [3.05, 3.63) is 88.9 Å². The number of rotatable bonds is 8. The molecule has 0 saturated carbocycles. The number of carbonyl (C=O) groups is 1. The van der Waals surface area contributed by atoms with Gasteiger partial charge in [-0.15, -0.1) is 0 Å². The van der Waals surface area contributed by atoms with Gasteiger partial charge in [-0.3, -0.25) is 0 Å². The SMILES string of the molecule is CC(CO[Si](c1ccccc1)(c1ccccc1)C(C)(C)C)CN1C[C@](C)(C=O)c2ccc(Br)cc21. The molecular weight excluding hydrogens is 514 g/mol. The third-order valence-corrected chi connectivity index (χ3v) is 12.7. The van der Waals surface area contributed by atoms with E-state index in [4.69, 9.17) is 4.43 Å². The van der Waals surface area contributed by atoms with E-state index in [9.17, 15) is 4.79 Å². The molecule has 4 rings (SSSR count). The van der Waals surface area contributed by atoms with Gasteiger partial charge in [0.25, 0.3) is 8.32 Å². The van der Waals surface area contributed by atoms with Crippen LogP contribution in [0.2, 0.25) is 5.04 Å². The first-order chi connectivity index (χ1) is 16.6. The van der Waals surface area contributed by atoms with E-state index in [1.807, 2.05) is 13.0 Å². The Morgan fingerprint density at radius 2 is 1.60 bits per heavy atom. The number of hydrogen-bond donors (Lipinski definition) is 0. The molecule has 0 bridgehead atoms. The average molecular weight is 551 g/mol. The fraction of sp³-hybridized carbons (Fsp3) is 0.367. The molecule has 0 fully saturated rings. The van der Waals surface area contributed by atoms with Gasteiger partial charge < -0.3 is 14.1 Å². The molecule has 0 radical (unpaired) electrons. The summed E-state index contributed by atoms with van der Waals surface area (Å²) in [6.45, 7) is 13.4. The molecule has 0 spiro atoms. The van der Waals surface area contributed by atoms with E-state index in [1.54, 1.807) is 0 Å². The van der Waals surface area contributed by atoms with Gasteiger partial charge in [-0.2, -0.15) is 0 Å². The second kappa shape index (κ2) is 10.0. The quantitative estimate of drug-likeness (QED) is 0.257. The van der Waals surface area contributed by atoms with Crippen LogP contribution in [0.5, 0.6) is 0 Å². The highest BCUT2D eigenvalue weighted by Gasteiger charge is 2.50. The van der Waals surface area contributed by atoms with Gasteiger partial charge >= 0.3 is 0 Å². The molecule has 1 aliphatic heterocycles. The maximum atomic E-state index is 12.0. The van der Waals surface area contributed by atoms with E-state index in [-0.39, 0.29) is 11.0 Å². The zero-order chi connectivity index (χ0) is 25.3. The lowest BCUT2D eigenvalue weighted by Gasteiger charge is -2.43. The maximum Gasteiger partial charge on any atom is 0.261 e. The summed E-state index contributed by atoms with van der Waals surface area (Å²) in [6, 6.07) is 27.8. The molecule has 3 aromatic carbocycles. The van der Waals surface area contributed by atoms with Crippen molar-refractivity contribution in [1.82, 2.24) is 0 Å². The molecule has 0 amide bonds. The minimum atomic E-state index is -2.57. The van der Waals surface area contributed by atoms with E-state index in [0.29, 0.717) is 13.2 Å². The lowest BCUT2D eigenvalue weighted by molar-refractivity contribution is -0.111. The van der Waals surface area contributed by atoms with Gasteiger partial charge in [0.2, 0.25) is 0 Å². The molecule has 184 valence electrons. The first-order valence-electron chi connectivity index (χ1n) is 12.4. The van der Waals surface area contributed by atoms with Crippen LogP contribution in [0.15, 0.2) is 83.3 Å². The first kappa shape index (κ1) is 25.9. The lowest BCUT2D eigenvalue weighted by atomic mass is 9.86. The fourth-order valence-corrected chi connectivity index (χ4v) is 10.6. The van der Waals surface area contributed by atoms with Crippen molar-refractivity contribution in [3.8, 4) is 0 Å². The Morgan fingerprint density at radius 3 is 2.11 bits per heavy atom. The third kappa shape index (κ3) is 4.91. The molecule has 3 nitrogen and oxygen atoms in total. The highest BCUT2D eigenvalue weighted by molar-refractivity contribution is 9.10. The standard InChI is InChI=1S/C30H36BrNO2Si/c1-23(19-32-21-30(5,22-33)27-17-16-24(31)18-28(27)32)20-34-35(29(2,3)4,25-12-8-6-9-13-25)26-14-10-7-11-15-26/h6-18,22-23H,19-21H2,1-5H3/t23?,30-/m1/s1. The number of halogens is 1. The molecule has 3 aromatic rings. The summed E-state index contributed by atoms with van der Waals surface area (Å²) in [5, 5.41) is 2.56. The van der Waals surface area contributed by atoms with Gasteiger partial charge in [-0.05, 0) is 45.9 Å². The van der Waals surface area contributed by atoms with Crippen LogP contribution >= 0.6 is 15.9 Å². The molecule has 0 N–H and O–H groups in total. The van der Waals surface area contributed by atoms with Crippen molar-refractivity contribution in [2.45, 2.75) is 45.1 Å². The van der Waals surface area contributed by atoms with Crippen LogP contribution in [0, 0.1) is 5.92 Å². The Kier molecular flexibility index (Phi) is 7.42. The molecule has 1 aliphatic rings. The van der Waals surface area contributed by atoms with E-state index in [1.165, 1.54) is 10.4 Å². The van der Waals surface area contributed by atoms with Crippen LogP contribution in [0.4, 0.5) is 5.69 Å². The van der Waals surface area contributed by atoms with Gasteiger partial charge in [0.1, 0.15) is 6.29 Å². The van der Waals surface area contributed by atoms with Crippen molar-refractivity contribution in [1.29, 1.82) is 0 Å². The fourth-order valence-electron chi connectivity index (χ4n) is 5.54. The average Bonchev–Trinajstić information content (AvgIpc) is 3.11. The molecule has 5 heteroatoms. The van der Waals surface area contributed by atoms with Crippen LogP contribution in [-0.2, 0) is 14.6 Å². The minimum Gasteiger partial charge on any atom is -0.407 e. The van der Waals surface area contributed by atoms with Crippen LogP contribution in [-0.4, -0.2) is 34.3 Å². The summed E-state index contributed by atoms with van der Waals surface area (Å²) in [6.07, 6.45) is 1.10. The summed E-state index contributed by atoms with van der Waals surface area (Å²) in [5.74, 6) is 0.289. The second-order valence-electron chi connectivity index (χ2n) is 11.2. The summed E-state index contributed by atoms with van der Waals surface area (Å²) in [5.41, 5.74) is 1.77. The molecule has 35 heavy (non-hydrogen) atoms. The number of anilines is 1. The Bertz CT molecular complexity index is 1120. The van der Waals surface area contributed by atoms with Crippen molar-refractivity contribution in [2.75, 3.05) is 24.6 Å². The zero-order valence-corrected chi connectivity index (χ0v) is 24.0. The topological polar surface area (TPSA) is 29.5 Å². The van der Waals surface area contributed by atoms with Crippen molar-refractivity contribution in [3.63, 3.8) is 0 Å². The highest BCUT2D eigenvalue weighted by Crippen LogP contribution is 2.42. The van der Waals surface area contributed by atoms with E-state index in [0.717, 1.165) is 28.6 Å². The summed E-state index contributed by atoms with van der Waals surface area (Å²) in [4.78, 5) is 14.4. The smallest absolute Gasteiger partial charge is 0.261 e. The molecule has 1 heterocycles. The van der Waals surface area contributed by atoms with E-state index < -0.39 is 13.7 Å². The number of carbonyl (C=O) groups excluding carboxylic acids is 1. The van der Waals surface area contributed by atoms with Gasteiger partial charge in [-0.25, -0.2) is 0 Å². The molecule has 1 unspecified atom stereocenters. The van der Waals surface area contributed by atoms with Crippen LogP contribution in [0.3, 0.4) is 0 Å². The molecular formula is C30H36BrNO2Si. The molecule has 0 aliphatic carbocycles. The van der Waals surface area contributed by atoms with Crippen molar-refractivity contribution >= 4 is 46.6 Å². The van der Waals surface area contributed by atoms with Crippen LogP contribution in [0.25, 0.3) is 0 Å². The van der Waals surface area contributed by atoms with Gasteiger partial charge in [0.15, 0.2) is 0 Å². The lowest BCUT2D eigenvalue weighted by Crippen LogP contribution is -2.67. The van der Waals surface area contributed by atoms with Crippen LogP contribution < -0.4 is 15.3 Å². The number of hydrogen-bond acceptors (Lipinski definition) is 3. The monoisotopic (exact) mass is 549 g/mol. The van der Waals surface area contributed by atoms with Crippen molar-refractivity contribution in [2.24, 2.45) is 5.92 Å². The molecule has 0 saturated heterocycles. The number of fused-ring (bicyclic) bond motifs is 1. The summed E-state index contributed by atoms with van der Waals surface area (Å²) < 4.78 is 8.20. The normalized spacial score (nSPS) is 18.9. The van der Waals surface area contributed by atoms with Crippen LogP contribution in [0.1, 0.15) is 40.2 Å². The minimum absolute atomic E-state index is 0.0450. The molecule has 2 atom stereocenters. The van der Waals surface area contributed by atoms with Gasteiger partial charge in [0.05, 0.1) is 5.41 Å². The van der Waals surface area contributed by atoms with Gasteiger partial charge in [-0.1, -0.05) is 110 Å². The Hall–Kier alpha value is -2.21. The maximum absolute atomic E-state index is 12.0. The van der Waals surface area contributed by atoms with Gasteiger partial charge in [0, 0.05) is 29.9 Å². The molecule has 0 aromatic heterocycles. The number of benzene rings is 3.